The van der Waals surface area contributed by atoms with Crippen molar-refractivity contribution in [3.05, 3.63) is 23.5 Å². The Morgan fingerprint density at radius 2 is 1.65 bits per heavy atom. The van der Waals surface area contributed by atoms with Gasteiger partial charge < -0.3 is 5.73 Å². The third-order valence-corrected chi connectivity index (χ3v) is 5.57. The van der Waals surface area contributed by atoms with Crippen molar-refractivity contribution < 1.29 is 12.8 Å². The lowest BCUT2D eigenvalue weighted by Gasteiger charge is -2.24. The maximum Gasteiger partial charge on any atom is 0.246 e. The first kappa shape index (κ1) is 15.3. The van der Waals surface area contributed by atoms with Gasteiger partial charge in [0.1, 0.15) is 10.7 Å². The van der Waals surface area contributed by atoms with Gasteiger partial charge in [0.2, 0.25) is 10.0 Å². The molecule has 4 nitrogen and oxygen atoms in total. The lowest BCUT2D eigenvalue weighted by Crippen LogP contribution is -2.34. The maximum absolute atomic E-state index is 14.2. The van der Waals surface area contributed by atoms with Crippen LogP contribution in [0.3, 0.4) is 0 Å². The largest absolute Gasteiger partial charge is 0.399 e. The van der Waals surface area contributed by atoms with Crippen molar-refractivity contribution in [1.82, 2.24) is 4.31 Å². The molecule has 0 saturated carbocycles. The number of hydrogen-bond donors (Lipinski definition) is 1. The summed E-state index contributed by atoms with van der Waals surface area (Å²) in [6.07, 6.45) is 4.82. The van der Waals surface area contributed by atoms with Crippen LogP contribution in [-0.2, 0) is 10.0 Å². The molecule has 0 amide bonds. The number of anilines is 1. The van der Waals surface area contributed by atoms with Gasteiger partial charge in [0.05, 0.1) is 0 Å². The summed E-state index contributed by atoms with van der Waals surface area (Å²) in [6, 6.07) is 2.66. The minimum absolute atomic E-state index is 0.260. The van der Waals surface area contributed by atoms with E-state index < -0.39 is 15.8 Å². The van der Waals surface area contributed by atoms with Crippen molar-refractivity contribution in [1.29, 1.82) is 0 Å². The van der Waals surface area contributed by atoms with Crippen LogP contribution in [0.1, 0.15) is 37.7 Å². The van der Waals surface area contributed by atoms with Crippen molar-refractivity contribution >= 4 is 15.7 Å². The van der Waals surface area contributed by atoms with Gasteiger partial charge in [-0.3, -0.25) is 0 Å². The molecule has 0 unspecified atom stereocenters. The predicted molar refractivity (Wildman–Crippen MR) is 77.4 cm³/mol. The van der Waals surface area contributed by atoms with Crippen LogP contribution in [-0.4, -0.2) is 25.8 Å². The Morgan fingerprint density at radius 3 is 2.25 bits per heavy atom. The number of nitrogen functional groups attached to an aromatic ring is 1. The summed E-state index contributed by atoms with van der Waals surface area (Å²) in [5, 5.41) is 0. The second-order valence-corrected chi connectivity index (χ2v) is 7.23. The number of nitrogens with zero attached hydrogens (tertiary/aromatic N) is 1. The van der Waals surface area contributed by atoms with Crippen LogP contribution >= 0.6 is 0 Å². The zero-order valence-corrected chi connectivity index (χ0v) is 12.5. The fourth-order valence-electron chi connectivity index (χ4n) is 2.55. The second-order valence-electron chi connectivity index (χ2n) is 5.32. The Kier molecular flexibility index (Phi) is 4.65. The van der Waals surface area contributed by atoms with Gasteiger partial charge in [-0.15, -0.1) is 0 Å². The maximum atomic E-state index is 14.2. The summed E-state index contributed by atoms with van der Waals surface area (Å²) in [4.78, 5) is -0.296. The van der Waals surface area contributed by atoms with E-state index in [0.29, 0.717) is 13.1 Å². The highest BCUT2D eigenvalue weighted by Crippen LogP contribution is 2.26. The lowest BCUT2D eigenvalue weighted by atomic mass is 10.1. The highest BCUT2D eigenvalue weighted by atomic mass is 32.2. The molecule has 0 spiro atoms. The molecule has 6 heteroatoms. The predicted octanol–water partition coefficient (Wildman–Crippen LogP) is 2.67. The fraction of sp³-hybridized carbons (Fsp3) is 0.571. The molecule has 1 saturated heterocycles. The highest BCUT2D eigenvalue weighted by Gasteiger charge is 2.28. The molecule has 0 aromatic heterocycles. The topological polar surface area (TPSA) is 63.4 Å². The number of sulfonamides is 1. The van der Waals surface area contributed by atoms with Gasteiger partial charge >= 0.3 is 0 Å². The molecular weight excluding hydrogens is 279 g/mol. The third-order valence-electron chi connectivity index (χ3n) is 3.68. The number of nitrogens with two attached hydrogens (primary N) is 1. The van der Waals surface area contributed by atoms with Crippen molar-refractivity contribution in [2.24, 2.45) is 0 Å². The van der Waals surface area contributed by atoms with Gasteiger partial charge in [0, 0.05) is 18.8 Å². The Morgan fingerprint density at radius 1 is 1.10 bits per heavy atom. The summed E-state index contributed by atoms with van der Waals surface area (Å²) < 4.78 is 40.8. The Balaban J connectivity index is 2.38. The lowest BCUT2D eigenvalue weighted by molar-refractivity contribution is 0.362. The molecule has 0 aliphatic carbocycles. The average molecular weight is 300 g/mol. The minimum Gasteiger partial charge on any atom is -0.399 e. The van der Waals surface area contributed by atoms with E-state index in [4.69, 9.17) is 5.73 Å². The van der Waals surface area contributed by atoms with Gasteiger partial charge in [-0.1, -0.05) is 19.3 Å². The molecule has 1 aliphatic heterocycles. The molecule has 0 radical (unpaired) electrons. The van der Waals surface area contributed by atoms with Crippen molar-refractivity contribution in [2.75, 3.05) is 18.8 Å². The number of aryl methyl sites for hydroxylation is 1. The molecule has 2 N–H and O–H groups in total. The van der Waals surface area contributed by atoms with Crippen LogP contribution in [0.5, 0.6) is 0 Å². The molecular formula is C14H21FN2O2S. The van der Waals surface area contributed by atoms with Gasteiger partial charge in [-0.25, -0.2) is 12.8 Å². The summed E-state index contributed by atoms with van der Waals surface area (Å²) in [5.74, 6) is -0.693. The van der Waals surface area contributed by atoms with E-state index in [0.717, 1.165) is 32.1 Å². The molecule has 20 heavy (non-hydrogen) atoms. The van der Waals surface area contributed by atoms with Crippen molar-refractivity contribution in [2.45, 2.75) is 43.9 Å². The first-order chi connectivity index (χ1) is 9.43. The Hall–Kier alpha value is -1.14. The third kappa shape index (κ3) is 3.12. The van der Waals surface area contributed by atoms with Crippen LogP contribution in [0.2, 0.25) is 0 Å². The number of halogens is 1. The first-order valence-corrected chi connectivity index (χ1v) is 8.42. The van der Waals surface area contributed by atoms with Crippen LogP contribution in [0.4, 0.5) is 10.1 Å². The van der Waals surface area contributed by atoms with E-state index in [1.807, 2.05) is 0 Å². The quantitative estimate of drug-likeness (QED) is 0.854. The molecule has 112 valence electrons. The summed E-state index contributed by atoms with van der Waals surface area (Å²) >= 11 is 0. The molecule has 1 fully saturated rings. The van der Waals surface area contributed by atoms with Crippen LogP contribution < -0.4 is 5.73 Å². The zero-order chi connectivity index (χ0) is 14.8. The monoisotopic (exact) mass is 300 g/mol. The summed E-state index contributed by atoms with van der Waals surface area (Å²) in [5.41, 5.74) is 6.19. The van der Waals surface area contributed by atoms with E-state index in [1.54, 1.807) is 0 Å². The van der Waals surface area contributed by atoms with Crippen molar-refractivity contribution in [3.8, 4) is 0 Å². The Labute approximate surface area is 119 Å². The number of hydrogen-bond acceptors (Lipinski definition) is 3. The number of benzene rings is 1. The standard InChI is InChI=1S/C14H21FN2O2S/c1-11-9-12(16)10-13(14(11)15)20(18,19)17-7-5-3-2-4-6-8-17/h9-10H,2-8,16H2,1H3. The smallest absolute Gasteiger partial charge is 0.246 e. The first-order valence-electron chi connectivity index (χ1n) is 6.98. The summed E-state index contributed by atoms with van der Waals surface area (Å²) in [7, 11) is -3.80. The van der Waals surface area contributed by atoms with E-state index >= 15 is 0 Å². The highest BCUT2D eigenvalue weighted by molar-refractivity contribution is 7.89. The summed E-state index contributed by atoms with van der Waals surface area (Å²) in [6.45, 7) is 2.43. The molecule has 1 aromatic rings. The van der Waals surface area contributed by atoms with Crippen LogP contribution in [0.25, 0.3) is 0 Å². The van der Waals surface area contributed by atoms with Crippen LogP contribution in [0, 0.1) is 12.7 Å². The zero-order valence-electron chi connectivity index (χ0n) is 11.7. The van der Waals surface area contributed by atoms with Gasteiger partial charge in [-0.05, 0) is 37.5 Å². The van der Waals surface area contributed by atoms with E-state index in [1.165, 1.54) is 23.4 Å². The van der Waals surface area contributed by atoms with Gasteiger partial charge in [0.15, 0.2) is 0 Å². The molecule has 1 aliphatic rings. The molecule has 1 aromatic carbocycles. The van der Waals surface area contributed by atoms with Crippen LogP contribution in [0.15, 0.2) is 17.0 Å². The minimum atomic E-state index is -3.80. The van der Waals surface area contributed by atoms with Gasteiger partial charge in [-0.2, -0.15) is 4.31 Å². The SMILES string of the molecule is Cc1cc(N)cc(S(=O)(=O)N2CCCCCCC2)c1F. The number of rotatable bonds is 2. The van der Waals surface area contributed by atoms with Crippen molar-refractivity contribution in [3.63, 3.8) is 0 Å². The fourth-order valence-corrected chi connectivity index (χ4v) is 4.24. The molecule has 0 atom stereocenters. The second kappa shape index (κ2) is 6.10. The average Bonchev–Trinajstić information content (AvgIpc) is 2.32. The van der Waals surface area contributed by atoms with E-state index in [2.05, 4.69) is 0 Å². The van der Waals surface area contributed by atoms with E-state index in [9.17, 15) is 12.8 Å². The van der Waals surface area contributed by atoms with E-state index in [-0.39, 0.29) is 16.1 Å². The van der Waals surface area contributed by atoms with Gasteiger partial charge in [0.25, 0.3) is 0 Å². The molecule has 1 heterocycles. The normalized spacial score (nSPS) is 18.5. The molecule has 0 bridgehead atoms. The Bertz CT molecular complexity index is 579. The molecule has 2 rings (SSSR count).